The van der Waals surface area contributed by atoms with E-state index >= 15 is 4.39 Å². The van der Waals surface area contributed by atoms with Crippen LogP contribution in [0.4, 0.5) is 15.8 Å². The van der Waals surface area contributed by atoms with Crippen LogP contribution in [-0.4, -0.2) is 59.3 Å². The van der Waals surface area contributed by atoms with Gasteiger partial charge in [0.1, 0.15) is 11.4 Å². The fraction of sp³-hybridized carbons (Fsp3) is 0.357. The molecular weight excluding hydrogens is 661 g/mol. The smallest absolute Gasteiger partial charge is 0.264 e. The van der Waals surface area contributed by atoms with Crippen LogP contribution in [0.25, 0.3) is 0 Å². The number of nitrogens with one attached hydrogen (secondary N) is 1. The van der Waals surface area contributed by atoms with E-state index in [1.165, 1.54) is 13.8 Å². The lowest BCUT2D eigenvalue weighted by Crippen LogP contribution is -2.48. The lowest BCUT2D eigenvalue weighted by Gasteiger charge is -2.37. The van der Waals surface area contributed by atoms with E-state index < -0.39 is 35.3 Å². The summed E-state index contributed by atoms with van der Waals surface area (Å²) in [6, 6.07) is 29.0. The highest BCUT2D eigenvalue weighted by molar-refractivity contribution is 6.07. The van der Waals surface area contributed by atoms with Gasteiger partial charge in [0.05, 0.1) is 44.5 Å². The highest BCUT2D eigenvalue weighted by atomic mass is 19.1. The first-order valence-corrected chi connectivity index (χ1v) is 17.7. The minimum absolute atomic E-state index is 0.123. The first-order valence-electron chi connectivity index (χ1n) is 17.7. The molecule has 3 amide bonds. The fourth-order valence-corrected chi connectivity index (χ4v) is 8.51. The molecule has 9 nitrogen and oxygen atoms in total. The van der Waals surface area contributed by atoms with Crippen molar-refractivity contribution in [3.63, 3.8) is 0 Å². The van der Waals surface area contributed by atoms with Gasteiger partial charge in [0, 0.05) is 35.2 Å². The Hall–Kier alpha value is -5.06. The third-order valence-electron chi connectivity index (χ3n) is 11.0. The molecule has 0 saturated carbocycles. The highest BCUT2D eigenvalue weighted by Crippen LogP contribution is 2.58. The average Bonchev–Trinajstić information content (AvgIpc) is 3.57. The molecule has 3 aliphatic rings. The molecule has 3 aliphatic heterocycles. The number of rotatable bonds is 9. The summed E-state index contributed by atoms with van der Waals surface area (Å²) in [7, 11) is 1.57. The van der Waals surface area contributed by atoms with Crippen molar-refractivity contribution in [1.82, 2.24) is 4.90 Å². The molecule has 270 valence electrons. The minimum atomic E-state index is -1.77. The molecule has 0 unspecified atom stereocenters. The van der Waals surface area contributed by atoms with Crippen molar-refractivity contribution >= 4 is 29.1 Å². The Bertz CT molecular complexity index is 1980. The Morgan fingerprint density at radius 1 is 0.981 bits per heavy atom. The van der Waals surface area contributed by atoms with E-state index in [4.69, 9.17) is 9.47 Å². The van der Waals surface area contributed by atoms with Crippen molar-refractivity contribution < 1.29 is 33.4 Å². The highest BCUT2D eigenvalue weighted by Gasteiger charge is 2.66. The molecule has 1 spiro atoms. The molecule has 7 rings (SSSR count). The van der Waals surface area contributed by atoms with Crippen LogP contribution in [0.3, 0.4) is 0 Å². The number of halogens is 1. The standard InChI is InChI=1S/C42H44FN3O6/c1-26-38(41(2,3)43)36(22-37(48)45-24-30-10-6-5-9-29(30)21-32(45)25-47)52-42(26)34-11-7-8-12-35(34)46(40(42)50)23-27-13-17-31(18-14-27)44-39(49)28-15-19-33(51-4)20-16-28/h5-20,26,32,36,38,47H,21-25H2,1-4H3,(H,44,49)/t26-,32+,36+,38-,42+/m1/s1. The first kappa shape index (κ1) is 35.3. The lowest BCUT2D eigenvalue weighted by atomic mass is 9.71. The number of fused-ring (bicyclic) bond motifs is 3. The largest absolute Gasteiger partial charge is 0.497 e. The number of carbonyl (C=O) groups is 3. The van der Waals surface area contributed by atoms with Crippen molar-refractivity contribution in [2.75, 3.05) is 23.9 Å². The Kier molecular flexibility index (Phi) is 9.39. The topological polar surface area (TPSA) is 108 Å². The van der Waals surface area contributed by atoms with Gasteiger partial charge in [-0.3, -0.25) is 14.4 Å². The third kappa shape index (κ3) is 6.24. The van der Waals surface area contributed by atoms with Crippen molar-refractivity contribution in [3.8, 4) is 5.75 Å². The summed E-state index contributed by atoms with van der Waals surface area (Å²) in [6.45, 7) is 5.19. The second-order valence-electron chi connectivity index (χ2n) is 14.6. The Labute approximate surface area is 303 Å². The Morgan fingerprint density at radius 2 is 1.65 bits per heavy atom. The van der Waals surface area contributed by atoms with Crippen LogP contribution in [0, 0.1) is 11.8 Å². The summed E-state index contributed by atoms with van der Waals surface area (Å²) in [6.07, 6.45) is -0.481. The van der Waals surface area contributed by atoms with Gasteiger partial charge in [-0.1, -0.05) is 61.5 Å². The molecule has 1 saturated heterocycles. The molecule has 0 bridgehead atoms. The molecular formula is C42H44FN3O6. The number of ether oxygens (including phenoxy) is 2. The van der Waals surface area contributed by atoms with E-state index in [0.29, 0.717) is 41.2 Å². The molecule has 0 radical (unpaired) electrons. The number of amides is 3. The number of carbonyl (C=O) groups excluding carboxylic acids is 3. The SMILES string of the molecule is COc1ccc(C(=O)Nc2ccc(CN3C(=O)[C@@]4(O[C@@H](CC(=O)N5Cc6ccccc6C[C@H]5CO)[C@H](C(C)(C)F)[C@H]4C)c4ccccc43)cc2)cc1. The van der Waals surface area contributed by atoms with Crippen LogP contribution >= 0.6 is 0 Å². The number of aliphatic hydroxyl groups excluding tert-OH is 1. The maximum Gasteiger partial charge on any atom is 0.264 e. The zero-order valence-corrected chi connectivity index (χ0v) is 29.8. The van der Waals surface area contributed by atoms with Gasteiger partial charge in [0.2, 0.25) is 5.91 Å². The zero-order valence-electron chi connectivity index (χ0n) is 29.8. The van der Waals surface area contributed by atoms with Gasteiger partial charge >= 0.3 is 0 Å². The van der Waals surface area contributed by atoms with E-state index in [9.17, 15) is 19.5 Å². The summed E-state index contributed by atoms with van der Waals surface area (Å²) in [5.74, 6) is -1.52. The fourth-order valence-electron chi connectivity index (χ4n) is 8.51. The number of methoxy groups -OCH3 is 1. The number of hydrogen-bond donors (Lipinski definition) is 2. The number of para-hydroxylation sites is 1. The maximum absolute atomic E-state index is 16.3. The maximum atomic E-state index is 16.3. The number of aliphatic hydroxyl groups is 1. The minimum Gasteiger partial charge on any atom is -0.497 e. The quantitative estimate of drug-likeness (QED) is 0.208. The number of alkyl halides is 1. The molecule has 4 aromatic carbocycles. The molecule has 10 heteroatoms. The van der Waals surface area contributed by atoms with Gasteiger partial charge in [-0.15, -0.1) is 0 Å². The van der Waals surface area contributed by atoms with Gasteiger partial charge in [-0.2, -0.15) is 0 Å². The van der Waals surface area contributed by atoms with Gasteiger partial charge in [0.15, 0.2) is 5.60 Å². The van der Waals surface area contributed by atoms with Crippen LogP contribution in [0.2, 0.25) is 0 Å². The predicted octanol–water partition coefficient (Wildman–Crippen LogP) is 6.42. The number of anilines is 2. The molecule has 2 N–H and O–H groups in total. The third-order valence-corrected chi connectivity index (χ3v) is 11.0. The van der Waals surface area contributed by atoms with Gasteiger partial charge < -0.3 is 29.7 Å². The van der Waals surface area contributed by atoms with Crippen molar-refractivity contribution in [2.45, 2.75) is 70.1 Å². The second-order valence-corrected chi connectivity index (χ2v) is 14.6. The zero-order chi connectivity index (χ0) is 36.8. The van der Waals surface area contributed by atoms with Gasteiger partial charge in [-0.25, -0.2) is 4.39 Å². The van der Waals surface area contributed by atoms with Crippen LogP contribution in [0.15, 0.2) is 97.1 Å². The average molecular weight is 706 g/mol. The molecule has 1 fully saturated rings. The van der Waals surface area contributed by atoms with Crippen molar-refractivity contribution in [1.29, 1.82) is 0 Å². The van der Waals surface area contributed by atoms with Crippen LogP contribution in [0.1, 0.15) is 59.8 Å². The predicted molar refractivity (Wildman–Crippen MR) is 196 cm³/mol. The summed E-state index contributed by atoms with van der Waals surface area (Å²) in [5.41, 5.74) is 2.09. The second kappa shape index (κ2) is 13.8. The van der Waals surface area contributed by atoms with E-state index in [0.717, 1.165) is 16.7 Å². The number of hydrogen-bond acceptors (Lipinski definition) is 6. The van der Waals surface area contributed by atoms with Gasteiger partial charge in [0.25, 0.3) is 11.8 Å². The monoisotopic (exact) mass is 705 g/mol. The van der Waals surface area contributed by atoms with Crippen LogP contribution in [-0.2, 0) is 39.4 Å². The van der Waals surface area contributed by atoms with Crippen molar-refractivity contribution in [3.05, 3.63) is 125 Å². The van der Waals surface area contributed by atoms with E-state index in [1.54, 1.807) is 53.3 Å². The summed E-state index contributed by atoms with van der Waals surface area (Å²) < 4.78 is 28.2. The summed E-state index contributed by atoms with van der Waals surface area (Å²) in [4.78, 5) is 44.9. The lowest BCUT2D eigenvalue weighted by molar-refractivity contribution is -0.151. The molecule has 0 aliphatic carbocycles. The summed E-state index contributed by atoms with van der Waals surface area (Å²) in [5, 5.41) is 13.1. The van der Waals surface area contributed by atoms with Gasteiger partial charge in [-0.05, 0) is 79.4 Å². The van der Waals surface area contributed by atoms with Crippen LogP contribution < -0.4 is 15.0 Å². The normalized spacial score (nSPS) is 23.8. The van der Waals surface area contributed by atoms with Crippen LogP contribution in [0.5, 0.6) is 5.75 Å². The Balaban J connectivity index is 1.12. The Morgan fingerprint density at radius 3 is 2.33 bits per heavy atom. The van der Waals surface area contributed by atoms with E-state index in [2.05, 4.69) is 5.32 Å². The molecule has 52 heavy (non-hydrogen) atoms. The van der Waals surface area contributed by atoms with E-state index in [1.807, 2.05) is 67.6 Å². The molecule has 0 aromatic heterocycles. The molecule has 4 aromatic rings. The van der Waals surface area contributed by atoms with Crippen molar-refractivity contribution in [2.24, 2.45) is 11.8 Å². The first-order chi connectivity index (χ1) is 24.9. The van der Waals surface area contributed by atoms with E-state index in [-0.39, 0.29) is 37.3 Å². The molecule has 5 atom stereocenters. The number of benzene rings is 4. The molecule has 3 heterocycles. The summed E-state index contributed by atoms with van der Waals surface area (Å²) >= 11 is 0. The number of nitrogens with zero attached hydrogens (tertiary/aromatic N) is 2.